The first kappa shape index (κ1) is 12.3. The Hall–Kier alpha value is -0.120. The molecule has 2 aliphatic rings. The predicted molar refractivity (Wildman–Crippen MR) is 61.9 cm³/mol. The van der Waals surface area contributed by atoms with Crippen molar-refractivity contribution in [2.24, 2.45) is 23.7 Å². The molecule has 0 aliphatic heterocycles. The fourth-order valence-corrected chi connectivity index (χ4v) is 3.75. The Bertz CT molecular complexity index is 213. The Morgan fingerprint density at radius 3 is 2.31 bits per heavy atom. The summed E-state index contributed by atoms with van der Waals surface area (Å²) in [6, 6.07) is 0. The standard InChI is InChI=1S/C13H24O3/c1-3-15-13(16-4-2)12-10-6-5-9(7-10)11(12)8-14/h9-14H,3-8H2,1-2H3. The molecule has 2 saturated carbocycles. The molecule has 0 radical (unpaired) electrons. The molecule has 16 heavy (non-hydrogen) atoms. The Balaban J connectivity index is 2.04. The summed E-state index contributed by atoms with van der Waals surface area (Å²) < 4.78 is 11.4. The summed E-state index contributed by atoms with van der Waals surface area (Å²) >= 11 is 0. The number of ether oxygens (including phenoxy) is 2. The molecule has 4 unspecified atom stereocenters. The number of aliphatic hydroxyl groups excluding tert-OH is 1. The van der Waals surface area contributed by atoms with E-state index in [0.717, 1.165) is 0 Å². The third-order valence-electron chi connectivity index (χ3n) is 4.34. The zero-order valence-corrected chi connectivity index (χ0v) is 10.4. The van der Waals surface area contributed by atoms with E-state index in [0.29, 0.717) is 43.5 Å². The molecule has 0 aromatic carbocycles. The van der Waals surface area contributed by atoms with Gasteiger partial charge in [-0.05, 0) is 50.9 Å². The summed E-state index contributed by atoms with van der Waals surface area (Å²) in [6.07, 6.45) is 3.76. The van der Waals surface area contributed by atoms with E-state index in [4.69, 9.17) is 9.47 Å². The van der Waals surface area contributed by atoms with Gasteiger partial charge in [-0.3, -0.25) is 0 Å². The molecule has 2 fully saturated rings. The van der Waals surface area contributed by atoms with E-state index < -0.39 is 0 Å². The van der Waals surface area contributed by atoms with E-state index in [-0.39, 0.29) is 6.29 Å². The highest BCUT2D eigenvalue weighted by molar-refractivity contribution is 4.97. The molecule has 0 heterocycles. The molecule has 0 aromatic heterocycles. The molecule has 0 saturated heterocycles. The van der Waals surface area contributed by atoms with Crippen molar-refractivity contribution in [3.05, 3.63) is 0 Å². The maximum Gasteiger partial charge on any atom is 0.160 e. The van der Waals surface area contributed by atoms with Gasteiger partial charge >= 0.3 is 0 Å². The van der Waals surface area contributed by atoms with Gasteiger partial charge in [-0.15, -0.1) is 0 Å². The van der Waals surface area contributed by atoms with Gasteiger partial charge in [0.15, 0.2) is 6.29 Å². The Labute approximate surface area is 98.1 Å². The molecule has 2 rings (SSSR count). The second kappa shape index (κ2) is 5.48. The van der Waals surface area contributed by atoms with Gasteiger partial charge in [0.25, 0.3) is 0 Å². The van der Waals surface area contributed by atoms with E-state index in [2.05, 4.69) is 0 Å². The first-order valence-corrected chi connectivity index (χ1v) is 6.65. The topological polar surface area (TPSA) is 38.7 Å². The average Bonchev–Trinajstić information content (AvgIpc) is 2.88. The highest BCUT2D eigenvalue weighted by atomic mass is 16.7. The molecule has 3 heteroatoms. The Kier molecular flexibility index (Phi) is 4.22. The molecular formula is C13H24O3. The first-order chi connectivity index (χ1) is 7.81. The van der Waals surface area contributed by atoms with Crippen LogP contribution < -0.4 is 0 Å². The minimum Gasteiger partial charge on any atom is -0.396 e. The second-order valence-corrected chi connectivity index (χ2v) is 5.04. The maximum atomic E-state index is 9.53. The van der Waals surface area contributed by atoms with Crippen LogP contribution in [0.4, 0.5) is 0 Å². The molecular weight excluding hydrogens is 204 g/mol. The van der Waals surface area contributed by atoms with Crippen LogP contribution in [0.15, 0.2) is 0 Å². The van der Waals surface area contributed by atoms with Gasteiger partial charge in [0, 0.05) is 25.7 Å². The summed E-state index contributed by atoms with van der Waals surface area (Å²) in [7, 11) is 0. The number of aliphatic hydroxyl groups is 1. The predicted octanol–water partition coefficient (Wildman–Crippen LogP) is 2.04. The highest BCUT2D eigenvalue weighted by Gasteiger charge is 2.50. The first-order valence-electron chi connectivity index (χ1n) is 6.65. The normalized spacial score (nSPS) is 37.5. The van der Waals surface area contributed by atoms with Crippen LogP contribution >= 0.6 is 0 Å². The van der Waals surface area contributed by atoms with Crippen molar-refractivity contribution >= 4 is 0 Å². The summed E-state index contributed by atoms with van der Waals surface area (Å²) in [4.78, 5) is 0. The molecule has 4 atom stereocenters. The molecule has 94 valence electrons. The van der Waals surface area contributed by atoms with E-state index in [1.165, 1.54) is 19.3 Å². The zero-order valence-electron chi connectivity index (χ0n) is 10.4. The van der Waals surface area contributed by atoms with Crippen LogP contribution in [0.3, 0.4) is 0 Å². The third kappa shape index (κ3) is 2.13. The van der Waals surface area contributed by atoms with Crippen LogP contribution in [0.1, 0.15) is 33.1 Å². The Morgan fingerprint density at radius 1 is 1.12 bits per heavy atom. The van der Waals surface area contributed by atoms with Crippen molar-refractivity contribution in [3.8, 4) is 0 Å². The number of rotatable bonds is 6. The van der Waals surface area contributed by atoms with Crippen molar-refractivity contribution in [2.45, 2.75) is 39.4 Å². The third-order valence-corrected chi connectivity index (χ3v) is 4.34. The largest absolute Gasteiger partial charge is 0.396 e. The van der Waals surface area contributed by atoms with Crippen molar-refractivity contribution in [1.29, 1.82) is 0 Å². The lowest BCUT2D eigenvalue weighted by Crippen LogP contribution is -2.38. The number of fused-ring (bicyclic) bond motifs is 2. The molecule has 0 spiro atoms. The van der Waals surface area contributed by atoms with Crippen LogP contribution in [0.2, 0.25) is 0 Å². The fourth-order valence-electron chi connectivity index (χ4n) is 3.75. The van der Waals surface area contributed by atoms with Crippen LogP contribution in [0.25, 0.3) is 0 Å². The van der Waals surface area contributed by atoms with Crippen molar-refractivity contribution in [2.75, 3.05) is 19.8 Å². The minimum absolute atomic E-state index is 0.0950. The van der Waals surface area contributed by atoms with Crippen molar-refractivity contribution in [3.63, 3.8) is 0 Å². The van der Waals surface area contributed by atoms with E-state index in [1.54, 1.807) is 0 Å². The van der Waals surface area contributed by atoms with Crippen LogP contribution in [-0.2, 0) is 9.47 Å². The van der Waals surface area contributed by atoms with Gasteiger partial charge in [-0.25, -0.2) is 0 Å². The van der Waals surface area contributed by atoms with Crippen molar-refractivity contribution < 1.29 is 14.6 Å². The van der Waals surface area contributed by atoms with E-state index in [1.807, 2.05) is 13.8 Å². The molecule has 0 aromatic rings. The summed E-state index contributed by atoms with van der Waals surface area (Å²) in [6.45, 7) is 5.69. The summed E-state index contributed by atoms with van der Waals surface area (Å²) in [5.74, 6) is 2.25. The lowest BCUT2D eigenvalue weighted by atomic mass is 9.79. The fraction of sp³-hybridized carbons (Fsp3) is 1.00. The lowest BCUT2D eigenvalue weighted by Gasteiger charge is -2.35. The molecule has 0 amide bonds. The molecule has 3 nitrogen and oxygen atoms in total. The van der Waals surface area contributed by atoms with Gasteiger partial charge in [0.1, 0.15) is 0 Å². The highest BCUT2D eigenvalue weighted by Crippen LogP contribution is 2.53. The van der Waals surface area contributed by atoms with Gasteiger partial charge in [-0.1, -0.05) is 0 Å². The van der Waals surface area contributed by atoms with Gasteiger partial charge in [0.05, 0.1) is 0 Å². The smallest absolute Gasteiger partial charge is 0.160 e. The van der Waals surface area contributed by atoms with Crippen molar-refractivity contribution in [1.82, 2.24) is 0 Å². The quantitative estimate of drug-likeness (QED) is 0.707. The second-order valence-electron chi connectivity index (χ2n) is 5.04. The van der Waals surface area contributed by atoms with Gasteiger partial charge < -0.3 is 14.6 Å². The maximum absolute atomic E-state index is 9.53. The van der Waals surface area contributed by atoms with E-state index >= 15 is 0 Å². The van der Waals surface area contributed by atoms with E-state index in [9.17, 15) is 5.11 Å². The summed E-state index contributed by atoms with van der Waals surface area (Å²) in [5, 5.41) is 9.53. The number of hydrogen-bond donors (Lipinski definition) is 1. The Morgan fingerprint density at radius 2 is 1.75 bits per heavy atom. The molecule has 1 N–H and O–H groups in total. The zero-order chi connectivity index (χ0) is 11.5. The minimum atomic E-state index is -0.0950. The van der Waals surface area contributed by atoms with Gasteiger partial charge in [0.2, 0.25) is 0 Å². The summed E-state index contributed by atoms with van der Waals surface area (Å²) in [5.41, 5.74) is 0. The SMILES string of the molecule is CCOC(OCC)C1C2CCC(C2)C1CO. The van der Waals surface area contributed by atoms with Crippen LogP contribution in [-0.4, -0.2) is 31.2 Å². The number of hydrogen-bond acceptors (Lipinski definition) is 3. The lowest BCUT2D eigenvalue weighted by molar-refractivity contribution is -0.189. The van der Waals surface area contributed by atoms with Crippen LogP contribution in [0, 0.1) is 23.7 Å². The molecule has 2 aliphatic carbocycles. The average molecular weight is 228 g/mol. The molecule has 2 bridgehead atoms. The monoisotopic (exact) mass is 228 g/mol. The van der Waals surface area contributed by atoms with Crippen LogP contribution in [0.5, 0.6) is 0 Å². The van der Waals surface area contributed by atoms with Gasteiger partial charge in [-0.2, -0.15) is 0 Å².